The number of aliphatic imine (C=N–C) groups is 1. The number of hydrogen-bond donors (Lipinski definition) is 1. The molecule has 0 saturated carbocycles. The van der Waals surface area contributed by atoms with Crippen LogP contribution in [0.15, 0.2) is 4.99 Å². The predicted molar refractivity (Wildman–Crippen MR) is 67.6 cm³/mol. The molecule has 88 valence electrons. The monoisotopic (exact) mass is 230 g/mol. The van der Waals surface area contributed by atoms with Crippen molar-refractivity contribution in [1.29, 1.82) is 0 Å². The van der Waals surface area contributed by atoms with Gasteiger partial charge in [0.25, 0.3) is 0 Å². The van der Waals surface area contributed by atoms with Gasteiger partial charge in [0.2, 0.25) is 0 Å². The lowest BCUT2D eigenvalue weighted by Gasteiger charge is -2.16. The Morgan fingerprint density at radius 3 is 2.80 bits per heavy atom. The number of amidine groups is 1. The molecule has 3 nitrogen and oxygen atoms in total. The molecule has 1 rings (SSSR count). The van der Waals surface area contributed by atoms with E-state index in [2.05, 4.69) is 31.1 Å². The lowest BCUT2D eigenvalue weighted by molar-refractivity contribution is 0.133. The third kappa shape index (κ3) is 4.43. The van der Waals surface area contributed by atoms with Gasteiger partial charge in [-0.15, -0.1) is 0 Å². The molecule has 0 spiro atoms. The third-order valence-corrected chi connectivity index (χ3v) is 3.83. The number of nitrogens with zero attached hydrogens (tertiary/aromatic N) is 1. The van der Waals surface area contributed by atoms with Gasteiger partial charge in [-0.1, -0.05) is 25.6 Å². The molecule has 0 aliphatic carbocycles. The first-order valence-corrected chi connectivity index (χ1v) is 6.56. The van der Waals surface area contributed by atoms with E-state index in [4.69, 9.17) is 4.74 Å². The van der Waals surface area contributed by atoms with Gasteiger partial charge in [0.15, 0.2) is 5.17 Å². The number of nitrogens with one attached hydrogen (secondary N) is 1. The van der Waals surface area contributed by atoms with Crippen LogP contribution in [-0.2, 0) is 4.74 Å². The average Bonchev–Trinajstić information content (AvgIpc) is 2.63. The topological polar surface area (TPSA) is 33.6 Å². The number of rotatable bonds is 5. The van der Waals surface area contributed by atoms with Crippen LogP contribution in [0.5, 0.6) is 0 Å². The summed E-state index contributed by atoms with van der Waals surface area (Å²) in [6.07, 6.45) is 0. The summed E-state index contributed by atoms with van der Waals surface area (Å²) in [4.78, 5) is 4.50. The quantitative estimate of drug-likeness (QED) is 0.785. The zero-order valence-electron chi connectivity index (χ0n) is 10.1. The Kier molecular flexibility index (Phi) is 5.47. The van der Waals surface area contributed by atoms with Gasteiger partial charge in [0.05, 0.1) is 13.2 Å². The van der Waals surface area contributed by atoms with Crippen LogP contribution in [-0.4, -0.2) is 36.2 Å². The zero-order chi connectivity index (χ0) is 11.3. The Bertz CT molecular complexity index is 219. The molecule has 1 aliphatic rings. The summed E-state index contributed by atoms with van der Waals surface area (Å²) >= 11 is 1.86. The Morgan fingerprint density at radius 2 is 2.27 bits per heavy atom. The van der Waals surface area contributed by atoms with Crippen molar-refractivity contribution in [1.82, 2.24) is 5.32 Å². The lowest BCUT2D eigenvalue weighted by atomic mass is 10.1. The fraction of sp³-hybridized carbons (Fsp3) is 0.909. The van der Waals surface area contributed by atoms with Crippen LogP contribution in [0.2, 0.25) is 0 Å². The second kappa shape index (κ2) is 6.38. The van der Waals surface area contributed by atoms with Gasteiger partial charge in [-0.2, -0.15) is 0 Å². The van der Waals surface area contributed by atoms with Crippen molar-refractivity contribution in [3.05, 3.63) is 0 Å². The van der Waals surface area contributed by atoms with Crippen LogP contribution in [0.4, 0.5) is 0 Å². The van der Waals surface area contributed by atoms with E-state index >= 15 is 0 Å². The van der Waals surface area contributed by atoms with Gasteiger partial charge in [-0.3, -0.25) is 4.99 Å². The highest BCUT2D eigenvalue weighted by Crippen LogP contribution is 2.25. The third-order valence-electron chi connectivity index (χ3n) is 2.36. The van der Waals surface area contributed by atoms with Crippen LogP contribution >= 0.6 is 11.8 Å². The molecule has 0 aromatic heterocycles. The largest absolute Gasteiger partial charge is 0.380 e. The molecule has 0 fully saturated rings. The summed E-state index contributed by atoms with van der Waals surface area (Å²) in [5.74, 6) is 0.695. The van der Waals surface area contributed by atoms with E-state index in [1.54, 1.807) is 0 Å². The molecule has 0 bridgehead atoms. The summed E-state index contributed by atoms with van der Waals surface area (Å²) < 4.78 is 5.35. The van der Waals surface area contributed by atoms with Gasteiger partial charge in [-0.05, 0) is 19.8 Å². The van der Waals surface area contributed by atoms with Crippen LogP contribution in [0.1, 0.15) is 27.7 Å². The number of thioether (sulfide) groups is 1. The van der Waals surface area contributed by atoms with Crippen LogP contribution in [0, 0.1) is 5.92 Å². The fourth-order valence-corrected chi connectivity index (χ4v) is 2.49. The fourth-order valence-electron chi connectivity index (χ4n) is 1.36. The van der Waals surface area contributed by atoms with Crippen molar-refractivity contribution in [2.45, 2.75) is 39.0 Å². The molecule has 0 saturated heterocycles. The Labute approximate surface area is 97.1 Å². The molecule has 0 aromatic carbocycles. The van der Waals surface area contributed by atoms with Crippen molar-refractivity contribution in [2.75, 3.05) is 19.8 Å². The SMILES string of the molecule is CCOCC(C)NC1=NCC(C(C)C)S1. The van der Waals surface area contributed by atoms with E-state index in [-0.39, 0.29) is 0 Å². The van der Waals surface area contributed by atoms with Crippen molar-refractivity contribution in [3.63, 3.8) is 0 Å². The standard InChI is InChI=1S/C11H22N2OS/c1-5-14-7-9(4)13-11-12-6-10(15-11)8(2)3/h8-10H,5-7H2,1-4H3,(H,12,13). The highest BCUT2D eigenvalue weighted by atomic mass is 32.2. The van der Waals surface area contributed by atoms with Crippen LogP contribution < -0.4 is 5.32 Å². The average molecular weight is 230 g/mol. The summed E-state index contributed by atoms with van der Waals surface area (Å²) in [5.41, 5.74) is 0. The Morgan fingerprint density at radius 1 is 1.53 bits per heavy atom. The van der Waals surface area contributed by atoms with Crippen LogP contribution in [0.3, 0.4) is 0 Å². The van der Waals surface area contributed by atoms with Crippen molar-refractivity contribution >= 4 is 16.9 Å². The second-order valence-electron chi connectivity index (χ2n) is 4.25. The van der Waals surface area contributed by atoms with E-state index in [1.165, 1.54) is 0 Å². The number of hydrogen-bond acceptors (Lipinski definition) is 4. The lowest BCUT2D eigenvalue weighted by Crippen LogP contribution is -2.34. The Balaban J connectivity index is 2.23. The smallest absolute Gasteiger partial charge is 0.157 e. The molecule has 1 N–H and O–H groups in total. The van der Waals surface area contributed by atoms with Gasteiger partial charge in [0.1, 0.15) is 0 Å². The maximum Gasteiger partial charge on any atom is 0.157 e. The molecule has 1 heterocycles. The molecule has 15 heavy (non-hydrogen) atoms. The minimum atomic E-state index is 0.349. The van der Waals surface area contributed by atoms with Gasteiger partial charge >= 0.3 is 0 Å². The predicted octanol–water partition coefficient (Wildman–Crippen LogP) is 2.13. The molecule has 0 amide bonds. The Hall–Kier alpha value is -0.220. The zero-order valence-corrected chi connectivity index (χ0v) is 10.9. The highest BCUT2D eigenvalue weighted by Gasteiger charge is 2.23. The van der Waals surface area contributed by atoms with Crippen molar-refractivity contribution in [3.8, 4) is 0 Å². The van der Waals surface area contributed by atoms with Crippen molar-refractivity contribution in [2.24, 2.45) is 10.9 Å². The second-order valence-corrected chi connectivity index (χ2v) is 5.48. The summed E-state index contributed by atoms with van der Waals surface area (Å²) in [6, 6.07) is 0.349. The van der Waals surface area contributed by atoms with Gasteiger partial charge < -0.3 is 10.1 Å². The molecule has 0 aromatic rings. The molecular weight excluding hydrogens is 208 g/mol. The van der Waals surface area contributed by atoms with Crippen LogP contribution in [0.25, 0.3) is 0 Å². The maximum atomic E-state index is 5.35. The minimum Gasteiger partial charge on any atom is -0.380 e. The molecular formula is C11H22N2OS. The summed E-state index contributed by atoms with van der Waals surface area (Å²) in [6.45, 7) is 11.1. The van der Waals surface area contributed by atoms with E-state index in [1.807, 2.05) is 18.7 Å². The normalized spacial score (nSPS) is 23.0. The van der Waals surface area contributed by atoms with E-state index in [0.717, 1.165) is 24.9 Å². The first-order valence-electron chi connectivity index (χ1n) is 5.68. The molecule has 4 heteroatoms. The van der Waals surface area contributed by atoms with Crippen molar-refractivity contribution < 1.29 is 4.74 Å². The minimum absolute atomic E-state index is 0.349. The van der Waals surface area contributed by atoms with E-state index in [9.17, 15) is 0 Å². The first-order chi connectivity index (χ1) is 7.13. The molecule has 1 aliphatic heterocycles. The molecule has 0 radical (unpaired) electrons. The van der Waals surface area contributed by atoms with Gasteiger partial charge in [0, 0.05) is 17.9 Å². The summed E-state index contributed by atoms with van der Waals surface area (Å²) in [5, 5.41) is 5.12. The summed E-state index contributed by atoms with van der Waals surface area (Å²) in [7, 11) is 0. The van der Waals surface area contributed by atoms with E-state index in [0.29, 0.717) is 17.2 Å². The first kappa shape index (κ1) is 12.8. The highest BCUT2D eigenvalue weighted by molar-refractivity contribution is 8.14. The number of ether oxygens (including phenoxy) is 1. The maximum absolute atomic E-state index is 5.35. The van der Waals surface area contributed by atoms with E-state index < -0.39 is 0 Å². The van der Waals surface area contributed by atoms with Gasteiger partial charge in [-0.25, -0.2) is 0 Å². The molecule has 2 atom stereocenters. The molecule has 2 unspecified atom stereocenters.